The molecule has 1 fully saturated rings. The SMILES string of the molecule is C[C@@H](OC(=O)/C=C/c1ccc(C#N)cc1)C(=O)NC1CCCCCC1. The number of esters is 1. The number of hydrogen-bond donors (Lipinski definition) is 1. The number of carbonyl (C=O) groups is 2. The molecule has 0 heterocycles. The summed E-state index contributed by atoms with van der Waals surface area (Å²) in [6.45, 7) is 1.58. The van der Waals surface area contributed by atoms with Gasteiger partial charge in [-0.25, -0.2) is 4.79 Å². The van der Waals surface area contributed by atoms with Gasteiger partial charge in [0.15, 0.2) is 6.10 Å². The molecule has 0 aliphatic heterocycles. The van der Waals surface area contributed by atoms with Crippen molar-refractivity contribution in [3.05, 3.63) is 41.5 Å². The molecule has 0 spiro atoms. The molecule has 0 bridgehead atoms. The molecule has 5 nitrogen and oxygen atoms in total. The summed E-state index contributed by atoms with van der Waals surface area (Å²) in [5.41, 5.74) is 1.34. The van der Waals surface area contributed by atoms with Crippen molar-refractivity contribution in [3.63, 3.8) is 0 Å². The highest BCUT2D eigenvalue weighted by Crippen LogP contribution is 2.17. The summed E-state index contributed by atoms with van der Waals surface area (Å²) in [5, 5.41) is 11.7. The van der Waals surface area contributed by atoms with Gasteiger partial charge in [-0.1, -0.05) is 37.8 Å². The van der Waals surface area contributed by atoms with Gasteiger partial charge in [0.2, 0.25) is 0 Å². The first-order chi connectivity index (χ1) is 12.1. The van der Waals surface area contributed by atoms with Crippen molar-refractivity contribution in [1.82, 2.24) is 5.32 Å². The molecule has 1 aliphatic rings. The van der Waals surface area contributed by atoms with Crippen molar-refractivity contribution in [2.75, 3.05) is 0 Å². The fraction of sp³-hybridized carbons (Fsp3) is 0.450. The fourth-order valence-electron chi connectivity index (χ4n) is 2.84. The second-order valence-electron chi connectivity index (χ2n) is 6.34. The average Bonchev–Trinajstić information content (AvgIpc) is 2.89. The number of amides is 1. The van der Waals surface area contributed by atoms with E-state index in [-0.39, 0.29) is 11.9 Å². The topological polar surface area (TPSA) is 79.2 Å². The maximum atomic E-state index is 12.2. The van der Waals surface area contributed by atoms with Crippen molar-refractivity contribution >= 4 is 18.0 Å². The summed E-state index contributed by atoms with van der Waals surface area (Å²) >= 11 is 0. The summed E-state index contributed by atoms with van der Waals surface area (Å²) in [7, 11) is 0. The Balaban J connectivity index is 1.80. The quantitative estimate of drug-likeness (QED) is 0.506. The Kier molecular flexibility index (Phi) is 7.21. The van der Waals surface area contributed by atoms with E-state index in [1.807, 2.05) is 6.07 Å². The van der Waals surface area contributed by atoms with E-state index >= 15 is 0 Å². The van der Waals surface area contributed by atoms with Gasteiger partial charge >= 0.3 is 5.97 Å². The molecule has 1 aromatic carbocycles. The highest BCUT2D eigenvalue weighted by Gasteiger charge is 2.21. The lowest BCUT2D eigenvalue weighted by Gasteiger charge is -2.19. The molecule has 1 amide bonds. The molecular formula is C20H24N2O3. The fourth-order valence-corrected chi connectivity index (χ4v) is 2.84. The normalized spacial score (nSPS) is 16.6. The lowest BCUT2D eigenvalue weighted by atomic mass is 10.1. The maximum Gasteiger partial charge on any atom is 0.331 e. The van der Waals surface area contributed by atoms with Crippen molar-refractivity contribution in [2.24, 2.45) is 0 Å². The smallest absolute Gasteiger partial charge is 0.331 e. The highest BCUT2D eigenvalue weighted by molar-refractivity contribution is 5.90. The minimum Gasteiger partial charge on any atom is -0.449 e. The van der Waals surface area contributed by atoms with Crippen molar-refractivity contribution in [2.45, 2.75) is 57.6 Å². The van der Waals surface area contributed by atoms with Crippen LogP contribution in [0.1, 0.15) is 56.6 Å². The standard InChI is InChI=1S/C20H24N2O3/c1-15(20(24)22-18-6-4-2-3-5-7-18)25-19(23)13-12-16-8-10-17(14-21)11-9-16/h8-13,15,18H,2-7H2,1H3,(H,22,24)/b13-12+/t15-/m1/s1. The third-order valence-electron chi connectivity index (χ3n) is 4.32. The van der Waals surface area contributed by atoms with Crippen LogP contribution in [-0.2, 0) is 14.3 Å². The van der Waals surface area contributed by atoms with Gasteiger partial charge in [-0.05, 0) is 43.5 Å². The molecule has 1 saturated carbocycles. The Bertz CT molecular complexity index is 651. The van der Waals surface area contributed by atoms with Crippen LogP contribution in [0.3, 0.4) is 0 Å². The van der Waals surface area contributed by atoms with Crippen LogP contribution in [0, 0.1) is 11.3 Å². The molecule has 0 saturated heterocycles. The number of nitrogens with zero attached hydrogens (tertiary/aromatic N) is 1. The van der Waals surface area contributed by atoms with E-state index < -0.39 is 12.1 Å². The molecule has 1 N–H and O–H groups in total. The molecule has 1 aliphatic carbocycles. The summed E-state index contributed by atoms with van der Waals surface area (Å²) in [6, 6.07) is 9.05. The first kappa shape index (κ1) is 18.7. The molecule has 1 atom stereocenters. The zero-order valence-electron chi connectivity index (χ0n) is 14.5. The number of hydrogen-bond acceptors (Lipinski definition) is 4. The van der Waals surface area contributed by atoms with Crippen LogP contribution in [0.2, 0.25) is 0 Å². The van der Waals surface area contributed by atoms with E-state index in [0.717, 1.165) is 31.2 Å². The Labute approximate surface area is 148 Å². The van der Waals surface area contributed by atoms with E-state index in [0.29, 0.717) is 5.56 Å². The predicted molar refractivity (Wildman–Crippen MR) is 95.4 cm³/mol. The third-order valence-corrected chi connectivity index (χ3v) is 4.32. The average molecular weight is 340 g/mol. The summed E-state index contributed by atoms with van der Waals surface area (Å²) in [4.78, 5) is 24.0. The van der Waals surface area contributed by atoms with Crippen molar-refractivity contribution in [1.29, 1.82) is 5.26 Å². The Morgan fingerprint density at radius 1 is 1.20 bits per heavy atom. The zero-order chi connectivity index (χ0) is 18.1. The van der Waals surface area contributed by atoms with Gasteiger partial charge in [0.05, 0.1) is 11.6 Å². The minimum atomic E-state index is -0.818. The van der Waals surface area contributed by atoms with Crippen LogP contribution >= 0.6 is 0 Å². The van der Waals surface area contributed by atoms with Gasteiger partial charge in [0.25, 0.3) is 5.91 Å². The van der Waals surface area contributed by atoms with Gasteiger partial charge in [-0.15, -0.1) is 0 Å². The first-order valence-corrected chi connectivity index (χ1v) is 8.77. The molecule has 0 radical (unpaired) electrons. The number of rotatable bonds is 5. The van der Waals surface area contributed by atoms with Crippen LogP contribution < -0.4 is 5.32 Å². The maximum absolute atomic E-state index is 12.2. The minimum absolute atomic E-state index is 0.186. The second kappa shape index (κ2) is 9.63. The van der Waals surface area contributed by atoms with E-state index in [2.05, 4.69) is 5.32 Å². The highest BCUT2D eigenvalue weighted by atomic mass is 16.5. The molecule has 0 aromatic heterocycles. The van der Waals surface area contributed by atoms with Crippen molar-refractivity contribution in [3.8, 4) is 6.07 Å². The molecule has 2 rings (SSSR count). The van der Waals surface area contributed by atoms with E-state index in [1.165, 1.54) is 18.9 Å². The molecule has 1 aromatic rings. The molecular weight excluding hydrogens is 316 g/mol. The summed E-state index contributed by atoms with van der Waals surface area (Å²) < 4.78 is 5.16. The molecule has 0 unspecified atom stereocenters. The van der Waals surface area contributed by atoms with Gasteiger partial charge in [-0.3, -0.25) is 4.79 Å². The van der Waals surface area contributed by atoms with Gasteiger partial charge in [0.1, 0.15) is 0 Å². The molecule has 5 heteroatoms. The molecule has 25 heavy (non-hydrogen) atoms. The van der Waals surface area contributed by atoms with Crippen LogP contribution in [0.15, 0.2) is 30.3 Å². The number of nitriles is 1. The first-order valence-electron chi connectivity index (χ1n) is 8.77. The predicted octanol–water partition coefficient (Wildman–Crippen LogP) is 3.34. The summed E-state index contributed by atoms with van der Waals surface area (Å²) in [5.74, 6) is -0.806. The lowest BCUT2D eigenvalue weighted by Crippen LogP contribution is -2.41. The Morgan fingerprint density at radius 3 is 2.44 bits per heavy atom. The Morgan fingerprint density at radius 2 is 1.84 bits per heavy atom. The third kappa shape index (κ3) is 6.42. The van der Waals surface area contributed by atoms with E-state index in [4.69, 9.17) is 10.00 Å². The van der Waals surface area contributed by atoms with Crippen LogP contribution in [-0.4, -0.2) is 24.0 Å². The number of benzene rings is 1. The second-order valence-corrected chi connectivity index (χ2v) is 6.34. The lowest BCUT2D eigenvalue weighted by molar-refractivity contribution is -0.150. The van der Waals surface area contributed by atoms with Crippen LogP contribution in [0.4, 0.5) is 0 Å². The monoisotopic (exact) mass is 340 g/mol. The van der Waals surface area contributed by atoms with E-state index in [9.17, 15) is 9.59 Å². The van der Waals surface area contributed by atoms with Gasteiger partial charge in [-0.2, -0.15) is 5.26 Å². The Hall–Kier alpha value is -2.61. The van der Waals surface area contributed by atoms with Crippen LogP contribution in [0.5, 0.6) is 0 Å². The summed E-state index contributed by atoms with van der Waals surface area (Å²) in [6.07, 6.45) is 8.75. The zero-order valence-corrected chi connectivity index (χ0v) is 14.5. The number of nitrogens with one attached hydrogen (secondary N) is 1. The van der Waals surface area contributed by atoms with Crippen molar-refractivity contribution < 1.29 is 14.3 Å². The van der Waals surface area contributed by atoms with Crippen LogP contribution in [0.25, 0.3) is 6.08 Å². The largest absolute Gasteiger partial charge is 0.449 e. The van der Waals surface area contributed by atoms with Gasteiger partial charge < -0.3 is 10.1 Å². The van der Waals surface area contributed by atoms with Gasteiger partial charge in [0, 0.05) is 12.1 Å². The number of carbonyl (C=O) groups excluding carboxylic acids is 2. The number of ether oxygens (including phenoxy) is 1. The van der Waals surface area contributed by atoms with E-state index in [1.54, 1.807) is 37.3 Å². The molecule has 132 valence electrons.